The third kappa shape index (κ3) is 9.12. The number of halogens is 13. The van der Waals surface area contributed by atoms with Gasteiger partial charge in [-0.1, -0.05) is 54.6 Å². The Morgan fingerprint density at radius 3 is 1.81 bits per heavy atom. The molecule has 16 heteroatoms. The molecule has 0 spiro atoms. The second-order valence-corrected chi connectivity index (χ2v) is 14.3. The van der Waals surface area contributed by atoms with Crippen molar-refractivity contribution in [2.75, 3.05) is 47.5 Å². The van der Waals surface area contributed by atoms with Crippen molar-refractivity contribution in [1.29, 1.82) is 0 Å². The van der Waals surface area contributed by atoms with E-state index in [1.54, 1.807) is 13.2 Å². The van der Waals surface area contributed by atoms with E-state index in [1.807, 2.05) is 50.5 Å². The van der Waals surface area contributed by atoms with Crippen molar-refractivity contribution in [3.05, 3.63) is 66.5 Å². The van der Waals surface area contributed by atoms with E-state index in [-0.39, 0.29) is 30.8 Å². The minimum Gasteiger partial charge on any atom is -0.502 e. The number of methoxy groups -OCH3 is 1. The lowest BCUT2D eigenvalue weighted by Crippen LogP contribution is -2.71. The number of nitrogens with zero attached hydrogens (tertiary/aromatic N) is 1. The maximum Gasteiger partial charge on any atom is 0.460 e. The summed E-state index contributed by atoms with van der Waals surface area (Å²) in [6.45, 7) is 3.45. The molecular formula is C36H45F13NO2+. The molecule has 0 bridgehead atoms. The number of benzene rings is 1. The summed E-state index contributed by atoms with van der Waals surface area (Å²) in [7, 11) is 5.69. The molecular weight excluding hydrogens is 725 g/mol. The fourth-order valence-electron chi connectivity index (χ4n) is 7.15. The number of rotatable bonds is 17. The van der Waals surface area contributed by atoms with Crippen molar-refractivity contribution in [1.82, 2.24) is 0 Å². The van der Waals surface area contributed by atoms with E-state index in [2.05, 4.69) is 6.08 Å². The fourth-order valence-corrected chi connectivity index (χ4v) is 7.15. The Labute approximate surface area is 295 Å². The summed E-state index contributed by atoms with van der Waals surface area (Å²) in [4.78, 5) is 0. The van der Waals surface area contributed by atoms with Crippen molar-refractivity contribution in [2.24, 2.45) is 35.5 Å². The first-order valence-electron chi connectivity index (χ1n) is 16.8. The molecule has 0 N–H and O–H groups in total. The number of likely N-dealkylation sites (N-methyl/N-ethyl adjacent to an activating group) is 1. The van der Waals surface area contributed by atoms with Gasteiger partial charge in [0.15, 0.2) is 0 Å². The van der Waals surface area contributed by atoms with Crippen LogP contribution in [0.5, 0.6) is 0 Å². The molecule has 6 atom stereocenters. The van der Waals surface area contributed by atoms with Gasteiger partial charge in [0.2, 0.25) is 0 Å². The molecule has 1 aromatic carbocycles. The number of quaternary nitrogens is 1. The monoisotopic (exact) mass is 770 g/mol. The van der Waals surface area contributed by atoms with E-state index in [9.17, 15) is 48.3 Å². The number of hydrogen-bond donors (Lipinski definition) is 0. The van der Waals surface area contributed by atoms with Crippen LogP contribution in [-0.4, -0.2) is 87.8 Å². The van der Waals surface area contributed by atoms with Crippen LogP contribution in [-0.2, 0) is 9.47 Å². The highest BCUT2D eigenvalue weighted by Crippen LogP contribution is 2.63. The van der Waals surface area contributed by atoms with Crippen LogP contribution in [0.4, 0.5) is 57.1 Å². The lowest BCUT2D eigenvalue weighted by Gasteiger charge is -2.42. The zero-order chi connectivity index (χ0) is 39.4. The number of ether oxygens (including phenoxy) is 2. The molecule has 296 valence electrons. The normalized spacial score (nSPS) is 26.0. The average molecular weight is 771 g/mol. The predicted molar refractivity (Wildman–Crippen MR) is 169 cm³/mol. The Balaban J connectivity index is 1.90. The molecule has 0 radical (unpaired) electrons. The largest absolute Gasteiger partial charge is 0.502 e. The van der Waals surface area contributed by atoms with E-state index in [0.717, 1.165) is 31.0 Å². The summed E-state index contributed by atoms with van der Waals surface area (Å²) in [5, 5.41) is 0. The van der Waals surface area contributed by atoms with Gasteiger partial charge in [0.1, 0.15) is 6.54 Å². The number of hydrogen-bond acceptors (Lipinski definition) is 2. The van der Waals surface area contributed by atoms with E-state index in [4.69, 9.17) is 9.47 Å². The topological polar surface area (TPSA) is 18.5 Å². The third-order valence-electron chi connectivity index (χ3n) is 10.1. The van der Waals surface area contributed by atoms with Crippen molar-refractivity contribution in [2.45, 2.75) is 68.4 Å². The number of allylic oxidation sites excluding steroid dienone is 4. The molecule has 2 aliphatic rings. The van der Waals surface area contributed by atoms with Gasteiger partial charge in [-0.25, -0.2) is 0 Å². The molecule has 1 aromatic rings. The van der Waals surface area contributed by atoms with E-state index in [0.29, 0.717) is 23.9 Å². The minimum absolute atomic E-state index is 0.0235. The first-order valence-corrected chi connectivity index (χ1v) is 16.8. The van der Waals surface area contributed by atoms with Crippen molar-refractivity contribution in [3.63, 3.8) is 0 Å². The molecule has 3 rings (SSSR count). The summed E-state index contributed by atoms with van der Waals surface area (Å²) in [6, 6.07) is 9.51. The van der Waals surface area contributed by atoms with E-state index >= 15 is 8.78 Å². The Morgan fingerprint density at radius 2 is 1.25 bits per heavy atom. The van der Waals surface area contributed by atoms with Crippen LogP contribution in [0, 0.1) is 35.5 Å². The van der Waals surface area contributed by atoms with Gasteiger partial charge in [-0.3, -0.25) is 0 Å². The van der Waals surface area contributed by atoms with Gasteiger partial charge in [-0.15, -0.1) is 0 Å². The van der Waals surface area contributed by atoms with Crippen LogP contribution in [0.3, 0.4) is 0 Å². The van der Waals surface area contributed by atoms with Gasteiger partial charge >= 0.3 is 35.8 Å². The van der Waals surface area contributed by atoms with Crippen molar-refractivity contribution in [3.8, 4) is 0 Å². The molecule has 2 saturated carbocycles. The maximum atomic E-state index is 15.5. The Bertz CT molecular complexity index is 1380. The molecule has 0 heterocycles. The molecule has 3 nitrogen and oxygen atoms in total. The van der Waals surface area contributed by atoms with Gasteiger partial charge in [0, 0.05) is 18.9 Å². The highest BCUT2D eigenvalue weighted by molar-refractivity contribution is 5.49. The minimum atomic E-state index is -7.93. The molecule has 0 amide bonds. The van der Waals surface area contributed by atoms with Crippen LogP contribution < -0.4 is 0 Å². The Hall–Kier alpha value is -2.75. The number of alkyl halides is 13. The van der Waals surface area contributed by atoms with Crippen LogP contribution in [0.2, 0.25) is 0 Å². The summed E-state index contributed by atoms with van der Waals surface area (Å²) < 4.78 is 193. The van der Waals surface area contributed by atoms with Crippen molar-refractivity contribution < 1.29 is 71.0 Å². The van der Waals surface area contributed by atoms with Gasteiger partial charge in [-0.2, -0.15) is 57.1 Å². The second kappa shape index (κ2) is 16.3. The maximum absolute atomic E-state index is 15.5. The van der Waals surface area contributed by atoms with E-state index in [1.165, 1.54) is 13.0 Å². The van der Waals surface area contributed by atoms with Crippen LogP contribution in [0.25, 0.3) is 6.08 Å². The summed E-state index contributed by atoms with van der Waals surface area (Å²) in [6.07, 6.45) is 1.42. The SMILES string of the molecule is CCO/C=C\C1CC(/C=C/C2CC(/C=C\c3ccccc3)C(C[N+](C)(C)CCOC)C2)CC1C(F)(F)C(F)(F)C(F)(F)C(F)(F)C(F)(F)C(F)(F)F. The average Bonchev–Trinajstić information content (AvgIpc) is 3.64. The molecule has 2 aliphatic carbocycles. The van der Waals surface area contributed by atoms with Gasteiger partial charge < -0.3 is 14.0 Å². The Morgan fingerprint density at radius 1 is 0.692 bits per heavy atom. The molecule has 0 aromatic heterocycles. The molecule has 0 aliphatic heterocycles. The molecule has 0 saturated heterocycles. The van der Waals surface area contributed by atoms with Gasteiger partial charge in [-0.05, 0) is 67.9 Å². The first kappa shape index (κ1) is 43.7. The summed E-state index contributed by atoms with van der Waals surface area (Å²) >= 11 is 0. The molecule has 2 fully saturated rings. The summed E-state index contributed by atoms with van der Waals surface area (Å²) in [5.41, 5.74) is 0.972. The zero-order valence-corrected chi connectivity index (χ0v) is 29.1. The first-order chi connectivity index (χ1) is 23.9. The zero-order valence-electron chi connectivity index (χ0n) is 29.1. The third-order valence-corrected chi connectivity index (χ3v) is 10.1. The van der Waals surface area contributed by atoms with Crippen molar-refractivity contribution >= 4 is 6.08 Å². The van der Waals surface area contributed by atoms with Crippen LogP contribution in [0.1, 0.15) is 38.2 Å². The fraction of sp³-hybridized carbons (Fsp3) is 0.667. The second-order valence-electron chi connectivity index (χ2n) is 14.3. The highest BCUT2D eigenvalue weighted by atomic mass is 19.4. The van der Waals surface area contributed by atoms with Crippen LogP contribution >= 0.6 is 0 Å². The predicted octanol–water partition coefficient (Wildman–Crippen LogP) is 10.6. The summed E-state index contributed by atoms with van der Waals surface area (Å²) in [5.74, 6) is -42.4. The Kier molecular flexibility index (Phi) is 13.7. The van der Waals surface area contributed by atoms with Crippen LogP contribution in [0.15, 0.2) is 60.9 Å². The highest BCUT2D eigenvalue weighted by Gasteiger charge is 2.91. The van der Waals surface area contributed by atoms with Gasteiger partial charge in [0.05, 0.1) is 40.1 Å². The lowest BCUT2D eigenvalue weighted by molar-refractivity contribution is -0.894. The molecule has 6 unspecified atom stereocenters. The quantitative estimate of drug-likeness (QED) is 0.0680. The lowest BCUT2D eigenvalue weighted by atomic mass is 9.82. The molecule has 52 heavy (non-hydrogen) atoms. The standard InChI is InChI=1S/C36H45F13NO2/c1-5-52-17-15-28-20-26(22-30(28)31(37,38)32(39,40)33(41,42)34(43,44)35(45,46)36(47,48)49)12-11-25-19-27(14-13-24-9-7-6-8-10-24)29(21-25)23-50(2,3)16-18-51-4/h6-15,17,25-30H,5,16,18-23H2,1-4H3/q+1/b12-11+,14-13-,17-15-. The van der Waals surface area contributed by atoms with Gasteiger partial charge in [0.25, 0.3) is 0 Å². The van der Waals surface area contributed by atoms with E-state index < -0.39 is 60.0 Å². The smallest absolute Gasteiger partial charge is 0.460 e.